The van der Waals surface area contributed by atoms with Crippen LogP contribution in [0, 0.1) is 0 Å². The Balaban J connectivity index is 3.20. The molecule has 11 nitrogen and oxygen atoms in total. The van der Waals surface area contributed by atoms with Crippen LogP contribution in [0.3, 0.4) is 0 Å². The Kier molecular flexibility index (Phi) is 8.16. The molecule has 0 radical (unpaired) electrons. The Labute approximate surface area is 155 Å². The Bertz CT molecular complexity index is 599. The van der Waals surface area contributed by atoms with Crippen molar-refractivity contribution in [1.29, 1.82) is 0 Å². The number of ether oxygens (including phenoxy) is 6. The number of rotatable bonds is 7. The van der Waals surface area contributed by atoms with Crippen molar-refractivity contribution in [1.82, 2.24) is 0 Å². The summed E-state index contributed by atoms with van der Waals surface area (Å²) in [6.45, 7) is 5.15. The summed E-state index contributed by atoms with van der Waals surface area (Å²) in [5.74, 6) is -3.62. The lowest BCUT2D eigenvalue weighted by atomic mass is 10.1. The standard InChI is InChI=1S/C16H22O11/c1-7(17)22-6-12(23-8(2)18)13-14(24-9(3)19)15(25-10(4)20)16(27-13)26-11(5)21/h12-16H,6H2,1-5H3/t12-,13+,14-,15-,16-/m1/s1. The molecule has 27 heavy (non-hydrogen) atoms. The molecule has 1 fully saturated rings. The molecule has 0 spiro atoms. The normalized spacial score (nSPS) is 25.1. The van der Waals surface area contributed by atoms with E-state index in [4.69, 9.17) is 28.4 Å². The second-order valence-corrected chi connectivity index (χ2v) is 5.68. The third-order valence-electron chi connectivity index (χ3n) is 3.23. The van der Waals surface area contributed by atoms with Crippen molar-refractivity contribution in [2.45, 2.75) is 65.3 Å². The van der Waals surface area contributed by atoms with E-state index in [2.05, 4.69) is 0 Å². The summed E-state index contributed by atoms with van der Waals surface area (Å²) >= 11 is 0. The molecule has 0 saturated carbocycles. The van der Waals surface area contributed by atoms with Gasteiger partial charge in [0.1, 0.15) is 12.7 Å². The zero-order chi connectivity index (χ0) is 20.7. The highest BCUT2D eigenvalue weighted by Gasteiger charge is 2.55. The molecule has 0 aromatic carbocycles. The van der Waals surface area contributed by atoms with Crippen molar-refractivity contribution in [2.75, 3.05) is 6.61 Å². The van der Waals surface area contributed by atoms with E-state index in [1.807, 2.05) is 0 Å². The lowest BCUT2D eigenvalue weighted by Crippen LogP contribution is -2.46. The van der Waals surface area contributed by atoms with E-state index in [1.54, 1.807) is 0 Å². The highest BCUT2D eigenvalue weighted by atomic mass is 16.8. The van der Waals surface area contributed by atoms with E-state index < -0.39 is 67.2 Å². The number of carbonyl (C=O) groups is 5. The van der Waals surface area contributed by atoms with Crippen molar-refractivity contribution >= 4 is 29.8 Å². The van der Waals surface area contributed by atoms with Gasteiger partial charge in [-0.1, -0.05) is 0 Å². The van der Waals surface area contributed by atoms with Crippen LogP contribution < -0.4 is 0 Å². The van der Waals surface area contributed by atoms with Crippen LogP contribution in [0.25, 0.3) is 0 Å². The van der Waals surface area contributed by atoms with Gasteiger partial charge in [-0.2, -0.15) is 0 Å². The molecule has 0 amide bonds. The summed E-state index contributed by atoms with van der Waals surface area (Å²) in [5, 5.41) is 0. The summed E-state index contributed by atoms with van der Waals surface area (Å²) in [7, 11) is 0. The molecule has 152 valence electrons. The van der Waals surface area contributed by atoms with Crippen molar-refractivity contribution in [3.63, 3.8) is 0 Å². The number of carbonyl (C=O) groups excluding carboxylic acids is 5. The van der Waals surface area contributed by atoms with Gasteiger partial charge >= 0.3 is 29.8 Å². The van der Waals surface area contributed by atoms with Crippen LogP contribution in [-0.4, -0.2) is 67.2 Å². The lowest BCUT2D eigenvalue weighted by Gasteiger charge is -2.27. The fraction of sp³-hybridized carbons (Fsp3) is 0.688. The first-order valence-corrected chi connectivity index (χ1v) is 7.99. The molecule has 5 atom stereocenters. The summed E-state index contributed by atoms with van der Waals surface area (Å²) in [6.07, 6.45) is -6.46. The average Bonchev–Trinajstić information content (AvgIpc) is 2.79. The summed E-state index contributed by atoms with van der Waals surface area (Å²) in [6, 6.07) is 0. The third-order valence-corrected chi connectivity index (χ3v) is 3.23. The maximum Gasteiger partial charge on any atom is 0.305 e. The van der Waals surface area contributed by atoms with Crippen molar-refractivity contribution < 1.29 is 52.4 Å². The zero-order valence-corrected chi connectivity index (χ0v) is 15.6. The highest BCUT2D eigenvalue weighted by Crippen LogP contribution is 2.31. The van der Waals surface area contributed by atoms with Crippen LogP contribution in [0.4, 0.5) is 0 Å². The first-order chi connectivity index (χ1) is 12.5. The molecule has 11 heteroatoms. The number of hydrogen-bond acceptors (Lipinski definition) is 11. The van der Waals surface area contributed by atoms with E-state index in [0.717, 1.165) is 34.6 Å². The van der Waals surface area contributed by atoms with Gasteiger partial charge in [-0.3, -0.25) is 24.0 Å². The molecule has 0 aromatic rings. The van der Waals surface area contributed by atoms with Gasteiger partial charge in [-0.05, 0) is 0 Å². The Hall–Kier alpha value is -2.69. The predicted molar refractivity (Wildman–Crippen MR) is 83.7 cm³/mol. The van der Waals surface area contributed by atoms with E-state index in [0.29, 0.717) is 0 Å². The first kappa shape index (κ1) is 22.4. The van der Waals surface area contributed by atoms with E-state index >= 15 is 0 Å². The molecule has 0 N–H and O–H groups in total. The molecule has 1 saturated heterocycles. The second kappa shape index (κ2) is 9.86. The van der Waals surface area contributed by atoms with Crippen LogP contribution in [0.2, 0.25) is 0 Å². The SMILES string of the molecule is CC(=O)OC[C@@H](OC(C)=O)[C@@H]1O[C@@H](OC(C)=O)[C@H](OC(C)=O)[C@@H]1OC(C)=O. The lowest BCUT2D eigenvalue weighted by molar-refractivity contribution is -0.203. The molecule has 0 bridgehead atoms. The van der Waals surface area contributed by atoms with Crippen LogP contribution >= 0.6 is 0 Å². The quantitative estimate of drug-likeness (QED) is 0.415. The largest absolute Gasteiger partial charge is 0.462 e. The van der Waals surface area contributed by atoms with Gasteiger partial charge in [0.25, 0.3) is 0 Å². The smallest absolute Gasteiger partial charge is 0.305 e. The van der Waals surface area contributed by atoms with Gasteiger partial charge in [0.05, 0.1) is 0 Å². The van der Waals surface area contributed by atoms with Crippen LogP contribution in [-0.2, 0) is 52.4 Å². The minimum atomic E-state index is -1.42. The van der Waals surface area contributed by atoms with Crippen LogP contribution in [0.5, 0.6) is 0 Å². The minimum Gasteiger partial charge on any atom is -0.462 e. The molecule has 0 unspecified atom stereocenters. The summed E-state index contributed by atoms with van der Waals surface area (Å²) in [5.41, 5.74) is 0. The maximum atomic E-state index is 11.5. The second-order valence-electron chi connectivity index (χ2n) is 5.68. The molecular formula is C16H22O11. The van der Waals surface area contributed by atoms with E-state index in [1.165, 1.54) is 0 Å². The van der Waals surface area contributed by atoms with Crippen molar-refractivity contribution in [3.8, 4) is 0 Å². The van der Waals surface area contributed by atoms with Gasteiger partial charge in [-0.25, -0.2) is 0 Å². The average molecular weight is 390 g/mol. The fourth-order valence-electron chi connectivity index (χ4n) is 2.46. The topological polar surface area (TPSA) is 141 Å². The summed E-state index contributed by atoms with van der Waals surface area (Å²) < 4.78 is 30.7. The van der Waals surface area contributed by atoms with E-state index in [9.17, 15) is 24.0 Å². The Morgan fingerprint density at radius 1 is 0.741 bits per heavy atom. The van der Waals surface area contributed by atoms with Crippen LogP contribution in [0.15, 0.2) is 0 Å². The zero-order valence-electron chi connectivity index (χ0n) is 15.6. The molecule has 0 aliphatic carbocycles. The Morgan fingerprint density at radius 3 is 1.70 bits per heavy atom. The van der Waals surface area contributed by atoms with Gasteiger partial charge in [0.2, 0.25) is 12.4 Å². The van der Waals surface area contributed by atoms with Crippen molar-refractivity contribution in [2.24, 2.45) is 0 Å². The van der Waals surface area contributed by atoms with Crippen LogP contribution in [0.1, 0.15) is 34.6 Å². The molecule has 1 aliphatic heterocycles. The maximum absolute atomic E-state index is 11.5. The number of hydrogen-bond donors (Lipinski definition) is 0. The van der Waals surface area contributed by atoms with Gasteiger partial charge in [0, 0.05) is 34.6 Å². The molecule has 1 aliphatic rings. The monoisotopic (exact) mass is 390 g/mol. The highest BCUT2D eigenvalue weighted by molar-refractivity contribution is 5.69. The summed E-state index contributed by atoms with van der Waals surface area (Å²) in [4.78, 5) is 56.7. The molecule has 1 heterocycles. The van der Waals surface area contributed by atoms with Gasteiger partial charge in [0.15, 0.2) is 12.2 Å². The van der Waals surface area contributed by atoms with Crippen molar-refractivity contribution in [3.05, 3.63) is 0 Å². The third kappa shape index (κ3) is 7.21. The first-order valence-electron chi connectivity index (χ1n) is 7.99. The molecule has 0 aromatic heterocycles. The fourth-order valence-corrected chi connectivity index (χ4v) is 2.46. The number of esters is 5. The van der Waals surface area contributed by atoms with Gasteiger partial charge < -0.3 is 28.4 Å². The molecule has 1 rings (SSSR count). The minimum absolute atomic E-state index is 0.420. The predicted octanol–water partition coefficient (Wildman–Crippen LogP) is -0.367. The van der Waals surface area contributed by atoms with E-state index in [-0.39, 0.29) is 0 Å². The van der Waals surface area contributed by atoms with Gasteiger partial charge in [-0.15, -0.1) is 0 Å². The Morgan fingerprint density at radius 2 is 1.26 bits per heavy atom. The molecular weight excluding hydrogens is 368 g/mol.